The van der Waals surface area contributed by atoms with Crippen LogP contribution in [0, 0.1) is 0 Å². The van der Waals surface area contributed by atoms with Crippen molar-refractivity contribution in [2.24, 2.45) is 0 Å². The second kappa shape index (κ2) is 4.28. The van der Waals surface area contributed by atoms with Crippen molar-refractivity contribution in [2.45, 2.75) is 13.3 Å². The summed E-state index contributed by atoms with van der Waals surface area (Å²) in [6, 6.07) is 8.43. The minimum Gasteiger partial charge on any atom is -0.312 e. The summed E-state index contributed by atoms with van der Waals surface area (Å²) in [6.07, 6.45) is 1.16. The number of halogens is 1. The van der Waals surface area contributed by atoms with Crippen molar-refractivity contribution in [1.29, 1.82) is 0 Å². The molecule has 2 heteroatoms. The van der Waals surface area contributed by atoms with Gasteiger partial charge < -0.3 is 5.32 Å². The molecule has 0 fully saturated rings. The van der Waals surface area contributed by atoms with Gasteiger partial charge in [0.25, 0.3) is 0 Å². The lowest BCUT2D eigenvalue weighted by molar-refractivity contribution is 0.715. The lowest BCUT2D eigenvalue weighted by atomic mass is 9.96. The molecule has 1 N–H and O–H groups in total. The number of nitrogens with one attached hydrogen (secondary N) is 1. The molecule has 0 saturated heterocycles. The largest absolute Gasteiger partial charge is 0.312 e. The molecule has 1 aromatic carbocycles. The number of hydrogen-bond donors (Lipinski definition) is 1. The third-order valence-electron chi connectivity index (χ3n) is 2.69. The highest BCUT2D eigenvalue weighted by atomic mass is 79.9. The predicted molar refractivity (Wildman–Crippen MR) is 64.2 cm³/mol. The predicted octanol–water partition coefficient (Wildman–Crippen LogP) is 3.22. The van der Waals surface area contributed by atoms with Crippen molar-refractivity contribution in [3.8, 4) is 0 Å². The van der Waals surface area contributed by atoms with Gasteiger partial charge in [-0.25, -0.2) is 0 Å². The van der Waals surface area contributed by atoms with E-state index in [2.05, 4.69) is 52.4 Å². The summed E-state index contributed by atoms with van der Waals surface area (Å²) in [5.41, 5.74) is 4.29. The summed E-state index contributed by atoms with van der Waals surface area (Å²) >= 11 is 3.60. The minimum atomic E-state index is 0.994. The fraction of sp³-hybridized carbons (Fsp3) is 0.333. The van der Waals surface area contributed by atoms with Crippen LogP contribution in [0.25, 0.3) is 5.57 Å². The first-order valence-corrected chi connectivity index (χ1v) is 5.72. The average molecular weight is 252 g/mol. The van der Waals surface area contributed by atoms with Crippen LogP contribution in [-0.2, 0) is 0 Å². The molecule has 1 aliphatic rings. The number of rotatable bonds is 1. The van der Waals surface area contributed by atoms with Crippen molar-refractivity contribution >= 4 is 21.5 Å². The molecule has 0 bridgehead atoms. The Balaban J connectivity index is 2.43. The van der Waals surface area contributed by atoms with E-state index in [-0.39, 0.29) is 0 Å². The molecule has 0 radical (unpaired) electrons. The Labute approximate surface area is 93.3 Å². The zero-order valence-corrected chi connectivity index (χ0v) is 9.89. The maximum Gasteiger partial charge on any atom is 0.0250 e. The summed E-state index contributed by atoms with van der Waals surface area (Å²) < 4.78 is 1.19. The van der Waals surface area contributed by atoms with Crippen LogP contribution < -0.4 is 5.32 Å². The first-order chi connectivity index (χ1) is 6.79. The van der Waals surface area contributed by atoms with Crippen LogP contribution in [0.15, 0.2) is 34.3 Å². The van der Waals surface area contributed by atoms with Gasteiger partial charge in [-0.05, 0) is 37.1 Å². The van der Waals surface area contributed by atoms with Crippen LogP contribution >= 0.6 is 15.9 Å². The Morgan fingerprint density at radius 1 is 1.29 bits per heavy atom. The Hall–Kier alpha value is -0.600. The third-order valence-corrected chi connectivity index (χ3v) is 3.38. The van der Waals surface area contributed by atoms with E-state index in [1.807, 2.05) is 0 Å². The summed E-state index contributed by atoms with van der Waals surface area (Å²) in [6.45, 7) is 4.34. The zero-order valence-electron chi connectivity index (χ0n) is 8.31. The van der Waals surface area contributed by atoms with Crippen LogP contribution in [0.2, 0.25) is 0 Å². The van der Waals surface area contributed by atoms with Crippen LogP contribution in [0.4, 0.5) is 0 Å². The molecule has 0 spiro atoms. The van der Waals surface area contributed by atoms with Crippen molar-refractivity contribution in [3.63, 3.8) is 0 Å². The van der Waals surface area contributed by atoms with E-state index < -0.39 is 0 Å². The fourth-order valence-electron chi connectivity index (χ4n) is 1.82. The molecule has 1 heterocycles. The SMILES string of the molecule is CC1=C(c2ccccc2Br)CNCC1. The highest BCUT2D eigenvalue weighted by Gasteiger charge is 2.12. The Bertz CT molecular complexity index is 368. The van der Waals surface area contributed by atoms with Gasteiger partial charge >= 0.3 is 0 Å². The van der Waals surface area contributed by atoms with E-state index in [0.29, 0.717) is 0 Å². The average Bonchev–Trinajstić information content (AvgIpc) is 2.20. The van der Waals surface area contributed by atoms with Crippen LogP contribution in [0.3, 0.4) is 0 Å². The lowest BCUT2D eigenvalue weighted by Crippen LogP contribution is -2.23. The topological polar surface area (TPSA) is 12.0 Å². The first kappa shape index (κ1) is 9.94. The van der Waals surface area contributed by atoms with Gasteiger partial charge in [-0.1, -0.05) is 39.7 Å². The zero-order chi connectivity index (χ0) is 9.97. The lowest BCUT2D eigenvalue weighted by Gasteiger charge is -2.20. The summed E-state index contributed by atoms with van der Waals surface area (Å²) in [4.78, 5) is 0. The molecule has 1 aromatic rings. The summed E-state index contributed by atoms with van der Waals surface area (Å²) in [5, 5.41) is 3.41. The van der Waals surface area contributed by atoms with Gasteiger partial charge in [0.05, 0.1) is 0 Å². The second-order valence-electron chi connectivity index (χ2n) is 3.67. The van der Waals surface area contributed by atoms with Crippen molar-refractivity contribution < 1.29 is 0 Å². The smallest absolute Gasteiger partial charge is 0.0250 e. The highest BCUT2D eigenvalue weighted by molar-refractivity contribution is 9.10. The molecule has 0 saturated carbocycles. The maximum absolute atomic E-state index is 3.60. The molecule has 74 valence electrons. The molecule has 14 heavy (non-hydrogen) atoms. The Morgan fingerprint density at radius 2 is 2.07 bits per heavy atom. The van der Waals surface area contributed by atoms with Gasteiger partial charge in [-0.3, -0.25) is 0 Å². The van der Waals surface area contributed by atoms with Gasteiger partial charge in [0.1, 0.15) is 0 Å². The van der Waals surface area contributed by atoms with Crippen molar-refractivity contribution in [3.05, 3.63) is 39.9 Å². The van der Waals surface area contributed by atoms with E-state index in [1.165, 1.54) is 21.2 Å². The van der Waals surface area contributed by atoms with E-state index in [1.54, 1.807) is 0 Å². The molecule has 1 aliphatic heterocycles. The number of benzene rings is 1. The van der Waals surface area contributed by atoms with Crippen LogP contribution in [-0.4, -0.2) is 13.1 Å². The van der Waals surface area contributed by atoms with Gasteiger partial charge in [-0.15, -0.1) is 0 Å². The molecular formula is C12H14BrN. The van der Waals surface area contributed by atoms with Crippen molar-refractivity contribution in [1.82, 2.24) is 5.32 Å². The third kappa shape index (κ3) is 1.91. The minimum absolute atomic E-state index is 0.994. The van der Waals surface area contributed by atoms with E-state index in [0.717, 1.165) is 19.5 Å². The highest BCUT2D eigenvalue weighted by Crippen LogP contribution is 2.28. The molecule has 0 aliphatic carbocycles. The summed E-state index contributed by atoms with van der Waals surface area (Å²) in [5.74, 6) is 0. The fourth-order valence-corrected chi connectivity index (χ4v) is 2.35. The van der Waals surface area contributed by atoms with E-state index >= 15 is 0 Å². The van der Waals surface area contributed by atoms with E-state index in [4.69, 9.17) is 0 Å². The Morgan fingerprint density at radius 3 is 2.79 bits per heavy atom. The standard InChI is InChI=1S/C12H14BrN/c1-9-6-7-14-8-11(9)10-4-2-3-5-12(10)13/h2-5,14H,6-8H2,1H3. The molecule has 1 nitrogen and oxygen atoms in total. The van der Waals surface area contributed by atoms with Gasteiger partial charge in [-0.2, -0.15) is 0 Å². The van der Waals surface area contributed by atoms with E-state index in [9.17, 15) is 0 Å². The van der Waals surface area contributed by atoms with Gasteiger partial charge in [0.15, 0.2) is 0 Å². The molecule has 2 rings (SSSR count). The Kier molecular flexibility index (Phi) is 3.04. The quantitative estimate of drug-likeness (QED) is 0.809. The first-order valence-electron chi connectivity index (χ1n) is 4.93. The molecule has 0 unspecified atom stereocenters. The maximum atomic E-state index is 3.60. The molecule has 0 aromatic heterocycles. The molecule has 0 amide bonds. The van der Waals surface area contributed by atoms with Gasteiger partial charge in [0.2, 0.25) is 0 Å². The number of hydrogen-bond acceptors (Lipinski definition) is 1. The van der Waals surface area contributed by atoms with Crippen molar-refractivity contribution in [2.75, 3.05) is 13.1 Å². The molecule has 0 atom stereocenters. The van der Waals surface area contributed by atoms with Crippen LogP contribution in [0.1, 0.15) is 18.9 Å². The second-order valence-corrected chi connectivity index (χ2v) is 4.52. The summed E-state index contributed by atoms with van der Waals surface area (Å²) in [7, 11) is 0. The molecular weight excluding hydrogens is 238 g/mol. The monoisotopic (exact) mass is 251 g/mol. The van der Waals surface area contributed by atoms with Crippen LogP contribution in [0.5, 0.6) is 0 Å². The normalized spacial score (nSPS) is 17.3. The van der Waals surface area contributed by atoms with Gasteiger partial charge in [0, 0.05) is 11.0 Å².